The van der Waals surface area contributed by atoms with Gasteiger partial charge in [-0.15, -0.1) is 0 Å². The zero-order valence-corrected chi connectivity index (χ0v) is 21.4. The maximum Gasteiger partial charge on any atom is 0.118 e. The van der Waals surface area contributed by atoms with Gasteiger partial charge in [-0.05, 0) is 78.4 Å². The molecule has 1 aliphatic heterocycles. The van der Waals surface area contributed by atoms with Crippen molar-refractivity contribution in [3.05, 3.63) is 127 Å². The molecule has 1 atom stereocenters. The van der Waals surface area contributed by atoms with Gasteiger partial charge >= 0.3 is 0 Å². The number of hydrogen-bond donors (Lipinski definition) is 0. The van der Waals surface area contributed by atoms with E-state index in [1.54, 1.807) is 14.2 Å². The van der Waals surface area contributed by atoms with Crippen LogP contribution in [0.3, 0.4) is 0 Å². The number of aromatic nitrogens is 2. The van der Waals surface area contributed by atoms with Gasteiger partial charge in [-0.2, -0.15) is 10.2 Å². The number of hydrogen-bond acceptors (Lipinski definition) is 5. The topological polar surface area (TPSA) is 51.9 Å². The molecule has 0 fully saturated rings. The van der Waals surface area contributed by atoms with E-state index in [0.717, 1.165) is 57.4 Å². The van der Waals surface area contributed by atoms with Crippen molar-refractivity contribution in [3.63, 3.8) is 0 Å². The third kappa shape index (κ3) is 4.52. The van der Waals surface area contributed by atoms with E-state index in [-0.39, 0.29) is 6.04 Å². The molecule has 0 aliphatic carbocycles. The molecule has 1 aliphatic rings. The Balaban J connectivity index is 1.47. The van der Waals surface area contributed by atoms with Crippen LogP contribution in [0.1, 0.15) is 23.6 Å². The molecule has 2 heterocycles. The summed E-state index contributed by atoms with van der Waals surface area (Å²) in [6, 6.07) is 36.7. The third-order valence-corrected chi connectivity index (χ3v) is 6.84. The highest BCUT2D eigenvalue weighted by Gasteiger charge is 2.33. The summed E-state index contributed by atoms with van der Waals surface area (Å²) >= 11 is 0. The highest BCUT2D eigenvalue weighted by atomic mass is 16.5. The van der Waals surface area contributed by atoms with Crippen LogP contribution in [0.4, 0.5) is 5.69 Å². The minimum Gasteiger partial charge on any atom is -0.497 e. The van der Waals surface area contributed by atoms with Gasteiger partial charge in [0, 0.05) is 23.7 Å². The Morgan fingerprint density at radius 3 is 1.79 bits per heavy atom. The van der Waals surface area contributed by atoms with Crippen LogP contribution in [-0.4, -0.2) is 29.7 Å². The van der Waals surface area contributed by atoms with Crippen molar-refractivity contribution >= 4 is 11.4 Å². The number of hydrazone groups is 1. The zero-order chi connectivity index (χ0) is 25.9. The molecule has 0 amide bonds. The molecule has 0 radical (unpaired) electrons. The van der Waals surface area contributed by atoms with Crippen LogP contribution in [0, 0.1) is 0 Å². The largest absolute Gasteiger partial charge is 0.497 e. The zero-order valence-electron chi connectivity index (χ0n) is 21.4. The standard InChI is InChI=1S/C32H28N4O2/c1-37-27-17-13-23(14-18-27)30-21-31(36(33-30)26-11-7-4-8-12-26)29-22-35(25-9-5-3-6-10-25)34-32(29)24-15-19-28(38-2)20-16-24/h3-20,22,31H,21H2,1-2H3/t31-/m1/s1. The predicted molar refractivity (Wildman–Crippen MR) is 151 cm³/mol. The first-order chi connectivity index (χ1) is 18.7. The number of rotatable bonds is 7. The van der Waals surface area contributed by atoms with Crippen molar-refractivity contribution in [2.45, 2.75) is 12.5 Å². The Bertz CT molecular complexity index is 1540. The molecule has 0 N–H and O–H groups in total. The molecule has 6 nitrogen and oxygen atoms in total. The molecule has 0 spiro atoms. The number of benzene rings is 4. The highest BCUT2D eigenvalue weighted by Crippen LogP contribution is 2.41. The summed E-state index contributed by atoms with van der Waals surface area (Å²) in [7, 11) is 3.36. The van der Waals surface area contributed by atoms with E-state index < -0.39 is 0 Å². The van der Waals surface area contributed by atoms with Gasteiger partial charge in [0.15, 0.2) is 0 Å². The summed E-state index contributed by atoms with van der Waals surface area (Å²) in [5, 5.41) is 12.3. The summed E-state index contributed by atoms with van der Waals surface area (Å²) in [6.07, 6.45) is 2.88. The Hall–Kier alpha value is -4.84. The normalized spacial score (nSPS) is 14.8. The second kappa shape index (κ2) is 10.3. The van der Waals surface area contributed by atoms with E-state index in [4.69, 9.17) is 19.7 Å². The van der Waals surface area contributed by atoms with Crippen molar-refractivity contribution in [1.29, 1.82) is 0 Å². The van der Waals surface area contributed by atoms with E-state index in [2.05, 4.69) is 59.7 Å². The first-order valence-electron chi connectivity index (χ1n) is 12.6. The van der Waals surface area contributed by atoms with E-state index in [1.165, 1.54) is 0 Å². The van der Waals surface area contributed by atoms with E-state index >= 15 is 0 Å². The van der Waals surface area contributed by atoms with Gasteiger partial charge in [0.2, 0.25) is 0 Å². The first kappa shape index (κ1) is 23.6. The minimum atomic E-state index is -0.0379. The molecule has 0 saturated heterocycles. The summed E-state index contributed by atoms with van der Waals surface area (Å²) in [5.74, 6) is 1.64. The maximum atomic E-state index is 5.40. The molecule has 1 aromatic heterocycles. The van der Waals surface area contributed by atoms with Crippen molar-refractivity contribution in [2.75, 3.05) is 19.2 Å². The number of methoxy groups -OCH3 is 2. The van der Waals surface area contributed by atoms with E-state index in [1.807, 2.05) is 65.3 Å². The quantitative estimate of drug-likeness (QED) is 0.244. The molecule has 6 heteroatoms. The molecule has 188 valence electrons. The highest BCUT2D eigenvalue weighted by molar-refractivity contribution is 6.03. The number of ether oxygens (including phenoxy) is 2. The molecule has 0 saturated carbocycles. The summed E-state index contributed by atoms with van der Waals surface area (Å²) < 4.78 is 12.7. The molecule has 38 heavy (non-hydrogen) atoms. The van der Waals surface area contributed by atoms with Gasteiger partial charge in [-0.25, -0.2) is 4.68 Å². The fraction of sp³-hybridized carbons (Fsp3) is 0.125. The Labute approximate surface area is 222 Å². The Morgan fingerprint density at radius 2 is 1.21 bits per heavy atom. The van der Waals surface area contributed by atoms with Crippen LogP contribution in [0.25, 0.3) is 16.9 Å². The molecular formula is C32H28N4O2. The van der Waals surface area contributed by atoms with Crippen LogP contribution in [-0.2, 0) is 0 Å². The average molecular weight is 501 g/mol. The first-order valence-corrected chi connectivity index (χ1v) is 12.6. The maximum absolute atomic E-state index is 5.40. The van der Waals surface area contributed by atoms with Crippen LogP contribution in [0.2, 0.25) is 0 Å². The molecule has 5 aromatic rings. The Morgan fingerprint density at radius 1 is 0.658 bits per heavy atom. The number of anilines is 1. The van der Waals surface area contributed by atoms with Gasteiger partial charge in [-0.1, -0.05) is 36.4 Å². The number of para-hydroxylation sites is 2. The lowest BCUT2D eigenvalue weighted by Crippen LogP contribution is -2.18. The average Bonchev–Trinajstić information content (AvgIpc) is 3.64. The number of nitrogens with zero attached hydrogens (tertiary/aromatic N) is 4. The minimum absolute atomic E-state index is 0.0379. The van der Waals surface area contributed by atoms with E-state index in [9.17, 15) is 0 Å². The van der Waals surface area contributed by atoms with Crippen molar-refractivity contribution in [3.8, 4) is 28.4 Å². The van der Waals surface area contributed by atoms with Crippen LogP contribution < -0.4 is 14.5 Å². The fourth-order valence-corrected chi connectivity index (χ4v) is 4.85. The second-order valence-corrected chi connectivity index (χ2v) is 9.12. The predicted octanol–water partition coefficient (Wildman–Crippen LogP) is 6.91. The molecule has 6 rings (SSSR count). The summed E-state index contributed by atoms with van der Waals surface area (Å²) in [5.41, 5.74) is 7.21. The van der Waals surface area contributed by atoms with Crippen molar-refractivity contribution in [1.82, 2.24) is 9.78 Å². The monoisotopic (exact) mass is 500 g/mol. The second-order valence-electron chi connectivity index (χ2n) is 9.12. The van der Waals surface area contributed by atoms with Gasteiger partial charge < -0.3 is 9.47 Å². The SMILES string of the molecule is COc1ccc(C2=NN(c3ccccc3)[C@@H](c3cn(-c4ccccc4)nc3-c3ccc(OC)cc3)C2)cc1. The third-order valence-electron chi connectivity index (χ3n) is 6.84. The fourth-order valence-electron chi connectivity index (χ4n) is 4.85. The van der Waals surface area contributed by atoms with Crippen molar-refractivity contribution < 1.29 is 9.47 Å². The van der Waals surface area contributed by atoms with Gasteiger partial charge in [0.1, 0.15) is 11.5 Å². The lowest BCUT2D eigenvalue weighted by atomic mass is 9.96. The van der Waals surface area contributed by atoms with Crippen LogP contribution in [0.5, 0.6) is 11.5 Å². The smallest absolute Gasteiger partial charge is 0.118 e. The summed E-state index contributed by atoms with van der Waals surface area (Å²) in [4.78, 5) is 0. The van der Waals surface area contributed by atoms with E-state index in [0.29, 0.717) is 0 Å². The van der Waals surface area contributed by atoms with Gasteiger partial charge in [0.25, 0.3) is 0 Å². The lowest BCUT2D eigenvalue weighted by molar-refractivity contribution is 0.414. The molecule has 0 bridgehead atoms. The molecular weight excluding hydrogens is 472 g/mol. The Kier molecular flexibility index (Phi) is 6.36. The summed E-state index contributed by atoms with van der Waals surface area (Å²) in [6.45, 7) is 0. The van der Waals surface area contributed by atoms with Crippen LogP contribution >= 0.6 is 0 Å². The van der Waals surface area contributed by atoms with Crippen molar-refractivity contribution in [2.24, 2.45) is 5.10 Å². The lowest BCUT2D eigenvalue weighted by Gasteiger charge is -2.23. The van der Waals surface area contributed by atoms with Gasteiger partial charge in [-0.3, -0.25) is 5.01 Å². The molecule has 0 unspecified atom stereocenters. The molecule has 4 aromatic carbocycles. The van der Waals surface area contributed by atoms with Gasteiger partial charge in [0.05, 0.1) is 43.0 Å². The van der Waals surface area contributed by atoms with Crippen LogP contribution in [0.15, 0.2) is 120 Å².